The zero-order chi connectivity index (χ0) is 23.4. The molecule has 1 atom stereocenters. The van der Waals surface area contributed by atoms with Crippen LogP contribution in [0.2, 0.25) is 0 Å². The van der Waals surface area contributed by atoms with Crippen molar-refractivity contribution in [3.63, 3.8) is 0 Å². The fraction of sp³-hybridized carbons (Fsp3) is 0.259. The van der Waals surface area contributed by atoms with Gasteiger partial charge in [-0.25, -0.2) is 0 Å². The summed E-state index contributed by atoms with van der Waals surface area (Å²) in [7, 11) is 0. The Hall–Kier alpha value is -3.80. The Kier molecular flexibility index (Phi) is 6.63. The predicted octanol–water partition coefficient (Wildman–Crippen LogP) is 5.33. The number of furan rings is 1. The summed E-state index contributed by atoms with van der Waals surface area (Å²) in [5.41, 5.74) is 1.21. The van der Waals surface area contributed by atoms with Crippen molar-refractivity contribution in [1.82, 2.24) is 4.90 Å². The van der Waals surface area contributed by atoms with Crippen LogP contribution in [0.1, 0.15) is 43.2 Å². The summed E-state index contributed by atoms with van der Waals surface area (Å²) in [5, 5.41) is 11.1. The Balaban J connectivity index is 1.77. The summed E-state index contributed by atoms with van der Waals surface area (Å²) in [6, 6.07) is 18.8. The lowest BCUT2D eigenvalue weighted by atomic mass is 9.95. The van der Waals surface area contributed by atoms with Crippen LogP contribution in [0.4, 0.5) is 0 Å². The number of likely N-dealkylation sites (tertiary alicyclic amines) is 1. The number of carbonyl (C=O) groups excluding carboxylic acids is 2. The number of amides is 1. The number of aliphatic hydroxyl groups is 1. The van der Waals surface area contributed by atoms with Gasteiger partial charge in [0.1, 0.15) is 17.3 Å². The molecule has 6 nitrogen and oxygen atoms in total. The molecule has 2 heterocycles. The van der Waals surface area contributed by atoms with Crippen molar-refractivity contribution in [1.29, 1.82) is 0 Å². The Bertz CT molecular complexity index is 1150. The third-order valence-electron chi connectivity index (χ3n) is 5.63. The first-order chi connectivity index (χ1) is 16.0. The van der Waals surface area contributed by atoms with E-state index in [1.807, 2.05) is 30.3 Å². The SMILES string of the molecule is CC(C)CCOc1cccc(C2/C(=C(\O)c3ccccc3)C(=O)C(=O)N2Cc2ccco2)c1. The van der Waals surface area contributed by atoms with Crippen LogP contribution in [-0.2, 0) is 16.1 Å². The Morgan fingerprint density at radius 3 is 2.55 bits per heavy atom. The maximum Gasteiger partial charge on any atom is 0.296 e. The van der Waals surface area contributed by atoms with Crippen molar-refractivity contribution in [3.8, 4) is 5.75 Å². The Morgan fingerprint density at radius 1 is 1.06 bits per heavy atom. The van der Waals surface area contributed by atoms with E-state index in [2.05, 4.69) is 13.8 Å². The van der Waals surface area contributed by atoms with E-state index in [1.54, 1.807) is 36.4 Å². The van der Waals surface area contributed by atoms with Crippen molar-refractivity contribution < 1.29 is 23.8 Å². The molecule has 1 aromatic heterocycles. The molecular formula is C27H27NO5. The van der Waals surface area contributed by atoms with Gasteiger partial charge in [-0.2, -0.15) is 0 Å². The lowest BCUT2D eigenvalue weighted by Crippen LogP contribution is -2.29. The average Bonchev–Trinajstić information content (AvgIpc) is 3.41. The molecule has 1 amide bonds. The summed E-state index contributed by atoms with van der Waals surface area (Å²) in [4.78, 5) is 27.6. The number of benzene rings is 2. The number of carbonyl (C=O) groups is 2. The molecule has 0 spiro atoms. The minimum Gasteiger partial charge on any atom is -0.507 e. The lowest BCUT2D eigenvalue weighted by Gasteiger charge is -2.25. The second-order valence-electron chi connectivity index (χ2n) is 8.48. The van der Waals surface area contributed by atoms with Crippen LogP contribution in [0.25, 0.3) is 5.76 Å². The first-order valence-electron chi connectivity index (χ1n) is 11.0. The lowest BCUT2D eigenvalue weighted by molar-refractivity contribution is -0.140. The smallest absolute Gasteiger partial charge is 0.296 e. The van der Waals surface area contributed by atoms with Gasteiger partial charge in [-0.1, -0.05) is 56.3 Å². The topological polar surface area (TPSA) is 80.0 Å². The summed E-state index contributed by atoms with van der Waals surface area (Å²) < 4.78 is 11.3. The van der Waals surface area contributed by atoms with Gasteiger partial charge in [-0.3, -0.25) is 9.59 Å². The summed E-state index contributed by atoms with van der Waals surface area (Å²) in [6.07, 6.45) is 2.43. The minimum atomic E-state index is -0.774. The number of hydrogen-bond donors (Lipinski definition) is 1. The molecule has 4 rings (SSSR count). The van der Waals surface area contributed by atoms with E-state index in [4.69, 9.17) is 9.15 Å². The molecule has 3 aromatic rings. The molecule has 1 aliphatic heterocycles. The van der Waals surface area contributed by atoms with Crippen LogP contribution in [0.3, 0.4) is 0 Å². The highest BCUT2D eigenvalue weighted by Crippen LogP contribution is 2.41. The molecule has 0 saturated carbocycles. The predicted molar refractivity (Wildman–Crippen MR) is 124 cm³/mol. The van der Waals surface area contributed by atoms with Crippen LogP contribution < -0.4 is 4.74 Å². The zero-order valence-electron chi connectivity index (χ0n) is 18.7. The van der Waals surface area contributed by atoms with E-state index in [9.17, 15) is 14.7 Å². The van der Waals surface area contributed by atoms with Gasteiger partial charge in [0.05, 0.1) is 31.0 Å². The van der Waals surface area contributed by atoms with Gasteiger partial charge < -0.3 is 19.2 Å². The molecule has 0 aliphatic carbocycles. The number of rotatable bonds is 8. The van der Waals surface area contributed by atoms with Crippen LogP contribution in [0.5, 0.6) is 5.75 Å². The average molecular weight is 446 g/mol. The number of aliphatic hydroxyl groups excluding tert-OH is 1. The summed E-state index contributed by atoms with van der Waals surface area (Å²) >= 11 is 0. The first kappa shape index (κ1) is 22.4. The van der Waals surface area contributed by atoms with Gasteiger partial charge in [0.2, 0.25) is 0 Å². The summed E-state index contributed by atoms with van der Waals surface area (Å²) in [6.45, 7) is 4.93. The highest BCUT2D eigenvalue weighted by Gasteiger charge is 2.46. The van der Waals surface area contributed by atoms with E-state index in [-0.39, 0.29) is 17.9 Å². The molecular weight excluding hydrogens is 418 g/mol. The number of Topliss-reactive ketones (excluding diaryl/α,β-unsaturated/α-hetero) is 1. The van der Waals surface area contributed by atoms with E-state index < -0.39 is 17.7 Å². The maximum atomic E-state index is 13.1. The zero-order valence-corrected chi connectivity index (χ0v) is 18.7. The quantitative estimate of drug-likeness (QED) is 0.288. The minimum absolute atomic E-state index is 0.0529. The van der Waals surface area contributed by atoms with E-state index in [1.165, 1.54) is 11.2 Å². The van der Waals surface area contributed by atoms with Crippen LogP contribution >= 0.6 is 0 Å². The fourth-order valence-electron chi connectivity index (χ4n) is 3.90. The molecule has 1 N–H and O–H groups in total. The van der Waals surface area contributed by atoms with E-state index in [0.29, 0.717) is 35.2 Å². The monoisotopic (exact) mass is 445 g/mol. The molecule has 170 valence electrons. The van der Waals surface area contributed by atoms with E-state index in [0.717, 1.165) is 6.42 Å². The molecule has 1 unspecified atom stereocenters. The second kappa shape index (κ2) is 9.77. The van der Waals surface area contributed by atoms with Gasteiger partial charge in [-0.15, -0.1) is 0 Å². The van der Waals surface area contributed by atoms with Gasteiger partial charge in [0, 0.05) is 5.56 Å². The largest absolute Gasteiger partial charge is 0.507 e. The van der Waals surface area contributed by atoms with Gasteiger partial charge >= 0.3 is 0 Å². The third-order valence-corrected chi connectivity index (χ3v) is 5.63. The second-order valence-corrected chi connectivity index (χ2v) is 8.48. The molecule has 6 heteroatoms. The molecule has 0 bridgehead atoms. The highest BCUT2D eigenvalue weighted by molar-refractivity contribution is 6.46. The molecule has 1 aliphatic rings. The maximum absolute atomic E-state index is 13.1. The molecule has 33 heavy (non-hydrogen) atoms. The Labute approximate surface area is 193 Å². The molecule has 1 saturated heterocycles. The van der Waals surface area contributed by atoms with Crippen LogP contribution in [0.15, 0.2) is 83.0 Å². The normalized spacial score (nSPS) is 17.7. The third kappa shape index (κ3) is 4.85. The van der Waals surface area contributed by atoms with Crippen LogP contribution in [-0.4, -0.2) is 28.3 Å². The molecule has 2 aromatic carbocycles. The van der Waals surface area contributed by atoms with Crippen molar-refractivity contribution in [2.75, 3.05) is 6.61 Å². The Morgan fingerprint density at radius 2 is 1.85 bits per heavy atom. The van der Waals surface area contributed by atoms with Crippen molar-refractivity contribution >= 4 is 17.4 Å². The standard InChI is InChI=1S/C27H27NO5/c1-18(2)13-15-33-21-11-6-10-20(16-21)24-23(25(29)19-8-4-3-5-9-19)26(30)27(31)28(24)17-22-12-7-14-32-22/h3-12,14,16,18,24,29H,13,15,17H2,1-2H3/b25-23+. The number of nitrogens with zero attached hydrogens (tertiary/aromatic N) is 1. The molecule has 0 radical (unpaired) electrons. The fourth-order valence-corrected chi connectivity index (χ4v) is 3.90. The van der Waals surface area contributed by atoms with Crippen molar-refractivity contribution in [2.24, 2.45) is 5.92 Å². The first-order valence-corrected chi connectivity index (χ1v) is 11.0. The molecule has 1 fully saturated rings. The summed E-state index contributed by atoms with van der Waals surface area (Å²) in [5.74, 6) is 0.104. The highest BCUT2D eigenvalue weighted by atomic mass is 16.5. The number of hydrogen-bond acceptors (Lipinski definition) is 5. The van der Waals surface area contributed by atoms with Gasteiger partial charge in [-0.05, 0) is 42.2 Å². The van der Waals surface area contributed by atoms with Gasteiger partial charge in [0.25, 0.3) is 11.7 Å². The van der Waals surface area contributed by atoms with Crippen molar-refractivity contribution in [3.05, 3.63) is 95.5 Å². The van der Waals surface area contributed by atoms with E-state index >= 15 is 0 Å². The number of ketones is 1. The van der Waals surface area contributed by atoms with Crippen molar-refractivity contribution in [2.45, 2.75) is 32.9 Å². The number of ether oxygens (including phenoxy) is 1. The van der Waals surface area contributed by atoms with Crippen LogP contribution in [0, 0.1) is 5.92 Å². The van der Waals surface area contributed by atoms with Gasteiger partial charge in [0.15, 0.2) is 0 Å².